The second-order valence-electron chi connectivity index (χ2n) is 12.2. The van der Waals surface area contributed by atoms with Crippen LogP contribution in [0.15, 0.2) is 24.4 Å². The molecule has 5 heterocycles. The van der Waals surface area contributed by atoms with Crippen LogP contribution >= 0.6 is 0 Å². The molecule has 47 heavy (non-hydrogen) atoms. The van der Waals surface area contributed by atoms with E-state index in [-0.39, 0.29) is 47.0 Å². The summed E-state index contributed by atoms with van der Waals surface area (Å²) in [6, 6.07) is 3.66. The standard InChI is InChI=1S/C32H35F5N8O2/c1-14-13-45(16(3)18-8-6-10-40-28(18)39)29-22-27(42-31(43-29)47-17(4)21-9-7-11-44(21)5)25(34)26(41-30(22)46-14)19-12-20(38)24(33)15(2)23(19)32(35,36)37/h6,8,10,12,14,16-17,21H,7,9,11,13,38H2,1-5H3,(H2,39,40)/t14-,16+,17-,21-/m0/s1. The van der Waals surface area contributed by atoms with E-state index in [4.69, 9.17) is 25.9 Å². The third-order valence-corrected chi connectivity index (χ3v) is 9.02. The molecule has 4 atom stereocenters. The zero-order chi connectivity index (χ0) is 33.9. The van der Waals surface area contributed by atoms with Crippen LogP contribution in [0.25, 0.3) is 22.2 Å². The maximum Gasteiger partial charge on any atom is 0.417 e. The predicted molar refractivity (Wildman–Crippen MR) is 167 cm³/mol. The summed E-state index contributed by atoms with van der Waals surface area (Å²) in [5.74, 6) is -2.19. The van der Waals surface area contributed by atoms with Crippen molar-refractivity contribution in [2.24, 2.45) is 0 Å². The number of nitrogens with two attached hydrogens (primary N) is 2. The Morgan fingerprint density at radius 1 is 1.11 bits per heavy atom. The third-order valence-electron chi connectivity index (χ3n) is 9.02. The first-order chi connectivity index (χ1) is 22.2. The van der Waals surface area contributed by atoms with Crippen molar-refractivity contribution in [3.05, 3.63) is 52.7 Å². The molecule has 10 nitrogen and oxygen atoms in total. The molecule has 0 radical (unpaired) electrons. The number of pyridine rings is 2. The zero-order valence-corrected chi connectivity index (χ0v) is 26.5. The molecule has 4 N–H and O–H groups in total. The molecular formula is C32H35F5N8O2. The van der Waals surface area contributed by atoms with E-state index in [1.54, 1.807) is 25.3 Å². The van der Waals surface area contributed by atoms with Gasteiger partial charge in [0.1, 0.15) is 46.3 Å². The second kappa shape index (κ2) is 11.9. The minimum Gasteiger partial charge on any atom is -0.472 e. The lowest BCUT2D eigenvalue weighted by molar-refractivity contribution is -0.137. The van der Waals surface area contributed by atoms with Gasteiger partial charge in [-0.15, -0.1) is 0 Å². The van der Waals surface area contributed by atoms with Gasteiger partial charge < -0.3 is 25.8 Å². The number of aromatic nitrogens is 4. The van der Waals surface area contributed by atoms with Crippen molar-refractivity contribution in [3.8, 4) is 23.1 Å². The van der Waals surface area contributed by atoms with Gasteiger partial charge in [-0.05, 0) is 71.8 Å². The quantitative estimate of drug-likeness (QED) is 0.186. The number of ether oxygens (including phenoxy) is 2. The van der Waals surface area contributed by atoms with Crippen molar-refractivity contribution < 1.29 is 31.4 Å². The normalized spacial score (nSPS) is 19.8. The Labute approximate surface area is 267 Å². The Morgan fingerprint density at radius 2 is 1.85 bits per heavy atom. The van der Waals surface area contributed by atoms with Crippen molar-refractivity contribution in [2.75, 3.05) is 36.5 Å². The Morgan fingerprint density at radius 3 is 2.51 bits per heavy atom. The molecule has 4 aromatic rings. The van der Waals surface area contributed by atoms with Crippen LogP contribution in [0.2, 0.25) is 0 Å². The summed E-state index contributed by atoms with van der Waals surface area (Å²) in [4.78, 5) is 21.6. The number of hydrogen-bond acceptors (Lipinski definition) is 10. The molecule has 2 aliphatic heterocycles. The van der Waals surface area contributed by atoms with E-state index in [1.807, 2.05) is 25.8 Å². The fourth-order valence-electron chi connectivity index (χ4n) is 6.66. The first-order valence-electron chi connectivity index (χ1n) is 15.2. The van der Waals surface area contributed by atoms with Crippen LogP contribution in [0.5, 0.6) is 11.9 Å². The van der Waals surface area contributed by atoms with Crippen LogP contribution in [0.4, 0.5) is 39.3 Å². The Kier molecular flexibility index (Phi) is 8.22. The fourth-order valence-corrected chi connectivity index (χ4v) is 6.66. The molecule has 2 aliphatic rings. The van der Waals surface area contributed by atoms with Crippen LogP contribution in [-0.4, -0.2) is 63.2 Å². The minimum absolute atomic E-state index is 0.0308. The van der Waals surface area contributed by atoms with Crippen molar-refractivity contribution in [1.82, 2.24) is 24.8 Å². The summed E-state index contributed by atoms with van der Waals surface area (Å²) in [6.45, 7) is 7.48. The lowest BCUT2D eigenvalue weighted by atomic mass is 9.96. The summed E-state index contributed by atoms with van der Waals surface area (Å²) in [7, 11) is 1.98. The van der Waals surface area contributed by atoms with Crippen LogP contribution in [0.3, 0.4) is 0 Å². The first-order valence-corrected chi connectivity index (χ1v) is 15.2. The number of halogens is 5. The summed E-state index contributed by atoms with van der Waals surface area (Å²) in [5.41, 5.74) is 7.99. The molecule has 0 aliphatic carbocycles. The summed E-state index contributed by atoms with van der Waals surface area (Å²) in [6.07, 6.45) is -2.69. The number of rotatable bonds is 6. The average molecular weight is 659 g/mol. The summed E-state index contributed by atoms with van der Waals surface area (Å²) in [5, 5.41) is 0.0308. The minimum atomic E-state index is -5.07. The number of likely N-dealkylation sites (N-methyl/N-ethyl adjacent to an activating group) is 1. The lowest BCUT2D eigenvalue weighted by Crippen LogP contribution is -2.38. The van der Waals surface area contributed by atoms with E-state index >= 15 is 4.39 Å². The third kappa shape index (κ3) is 5.70. The molecule has 1 saturated heterocycles. The monoisotopic (exact) mass is 658 g/mol. The molecule has 1 aromatic carbocycles. The van der Waals surface area contributed by atoms with E-state index in [1.165, 1.54) is 0 Å². The molecule has 0 spiro atoms. The number of alkyl halides is 3. The maximum atomic E-state index is 16.8. The topological polar surface area (TPSA) is 129 Å². The first kappa shape index (κ1) is 32.4. The summed E-state index contributed by atoms with van der Waals surface area (Å²) >= 11 is 0. The van der Waals surface area contributed by atoms with Crippen molar-refractivity contribution >= 4 is 28.2 Å². The van der Waals surface area contributed by atoms with Gasteiger partial charge in [-0.2, -0.15) is 23.1 Å². The molecular weight excluding hydrogens is 623 g/mol. The van der Waals surface area contributed by atoms with Gasteiger partial charge in [0.05, 0.1) is 23.8 Å². The second-order valence-corrected chi connectivity index (χ2v) is 12.2. The van der Waals surface area contributed by atoms with Gasteiger partial charge in [-0.3, -0.25) is 4.90 Å². The fraction of sp³-hybridized carbons (Fsp3) is 0.438. The van der Waals surface area contributed by atoms with E-state index in [9.17, 15) is 17.6 Å². The molecule has 0 bridgehead atoms. The van der Waals surface area contributed by atoms with Crippen molar-refractivity contribution in [1.29, 1.82) is 0 Å². The largest absolute Gasteiger partial charge is 0.472 e. The van der Waals surface area contributed by atoms with Crippen LogP contribution in [0.1, 0.15) is 56.3 Å². The molecule has 6 rings (SSSR count). The molecule has 1 fully saturated rings. The van der Waals surface area contributed by atoms with E-state index in [0.29, 0.717) is 5.56 Å². The molecule has 3 aromatic heterocycles. The zero-order valence-electron chi connectivity index (χ0n) is 26.5. The number of anilines is 3. The van der Waals surface area contributed by atoms with Gasteiger partial charge in [-0.25, -0.2) is 18.7 Å². The molecule has 250 valence electrons. The van der Waals surface area contributed by atoms with Crippen LogP contribution < -0.4 is 25.8 Å². The van der Waals surface area contributed by atoms with Gasteiger partial charge >= 0.3 is 12.2 Å². The smallest absolute Gasteiger partial charge is 0.417 e. The van der Waals surface area contributed by atoms with Gasteiger partial charge in [0.25, 0.3) is 0 Å². The Bertz CT molecular complexity index is 1860. The SMILES string of the molecule is Cc1c(F)c(N)cc(-c2nc3c4c(nc(O[C@@H](C)[C@@H]5CCCN5C)nc4c2F)N([C@H](C)c2cccnc2N)C[C@H](C)O3)c1C(F)(F)F. The van der Waals surface area contributed by atoms with E-state index < -0.39 is 64.1 Å². The van der Waals surface area contributed by atoms with Crippen molar-refractivity contribution in [3.63, 3.8) is 0 Å². The lowest BCUT2D eigenvalue weighted by Gasteiger charge is -2.32. The highest BCUT2D eigenvalue weighted by molar-refractivity contribution is 5.97. The number of nitrogens with zero attached hydrogens (tertiary/aromatic N) is 6. The van der Waals surface area contributed by atoms with Crippen molar-refractivity contribution in [2.45, 2.75) is 71.0 Å². The Hall–Kier alpha value is -4.53. The van der Waals surface area contributed by atoms with E-state index in [2.05, 4.69) is 19.9 Å². The Balaban J connectivity index is 1.63. The highest BCUT2D eigenvalue weighted by Gasteiger charge is 2.40. The van der Waals surface area contributed by atoms with Crippen LogP contribution in [-0.2, 0) is 6.18 Å². The van der Waals surface area contributed by atoms with Crippen LogP contribution in [0, 0.1) is 18.6 Å². The highest BCUT2D eigenvalue weighted by Crippen LogP contribution is 2.46. The number of hydrogen-bond donors (Lipinski definition) is 2. The maximum absolute atomic E-state index is 16.8. The van der Waals surface area contributed by atoms with Gasteiger partial charge in [0.15, 0.2) is 5.82 Å². The van der Waals surface area contributed by atoms with Gasteiger partial charge in [0.2, 0.25) is 5.88 Å². The van der Waals surface area contributed by atoms with E-state index in [0.717, 1.165) is 32.4 Å². The van der Waals surface area contributed by atoms with Gasteiger partial charge in [0, 0.05) is 23.4 Å². The number of likely N-dealkylation sites (tertiary alicyclic amines) is 1. The highest BCUT2D eigenvalue weighted by atomic mass is 19.4. The molecule has 15 heteroatoms. The number of benzene rings is 1. The van der Waals surface area contributed by atoms with Gasteiger partial charge in [-0.1, -0.05) is 6.07 Å². The molecule has 0 saturated carbocycles. The number of nitrogen functional groups attached to an aromatic ring is 2. The molecule has 0 amide bonds. The average Bonchev–Trinajstić information content (AvgIpc) is 3.38. The summed E-state index contributed by atoms with van der Waals surface area (Å²) < 4.78 is 87.1. The predicted octanol–water partition coefficient (Wildman–Crippen LogP) is 6.07. The molecule has 0 unspecified atom stereocenters.